The summed E-state index contributed by atoms with van der Waals surface area (Å²) in [6.45, 7) is 0. The van der Waals surface area contributed by atoms with Crippen molar-refractivity contribution in [2.45, 2.75) is 12.5 Å². The van der Waals surface area contributed by atoms with Crippen molar-refractivity contribution in [2.24, 2.45) is 5.10 Å². The van der Waals surface area contributed by atoms with E-state index in [9.17, 15) is 4.79 Å². The average Bonchev–Trinajstić information content (AvgIpc) is 3.54. The van der Waals surface area contributed by atoms with E-state index in [-0.39, 0.29) is 11.7 Å². The number of aromatic nitrogens is 1. The van der Waals surface area contributed by atoms with Crippen LogP contribution in [0, 0.1) is 0 Å². The molecule has 2 aromatic carbocycles. The highest BCUT2D eigenvalue weighted by molar-refractivity contribution is 6.30. The van der Waals surface area contributed by atoms with Gasteiger partial charge in [0, 0.05) is 17.4 Å². The molecule has 8 heteroatoms. The second kappa shape index (κ2) is 8.60. The van der Waals surface area contributed by atoms with Crippen LogP contribution in [-0.2, 0) is 0 Å². The van der Waals surface area contributed by atoms with Gasteiger partial charge < -0.3 is 13.9 Å². The average molecular weight is 462 g/mol. The van der Waals surface area contributed by atoms with Gasteiger partial charge in [-0.25, -0.2) is 9.99 Å². The summed E-state index contributed by atoms with van der Waals surface area (Å²) < 4.78 is 16.0. The Labute approximate surface area is 195 Å². The molecule has 1 atom stereocenters. The third-order valence-corrected chi connectivity index (χ3v) is 5.94. The van der Waals surface area contributed by atoms with Crippen molar-refractivity contribution in [1.29, 1.82) is 0 Å². The van der Waals surface area contributed by atoms with E-state index in [1.54, 1.807) is 26.4 Å². The number of hydrogen-bond donors (Lipinski definition) is 0. The Morgan fingerprint density at radius 2 is 1.91 bits per heavy atom. The Morgan fingerprint density at radius 3 is 2.61 bits per heavy atom. The molecule has 0 bridgehead atoms. The third-order valence-electron chi connectivity index (χ3n) is 5.64. The lowest BCUT2D eigenvalue weighted by atomic mass is 9.98. The van der Waals surface area contributed by atoms with Crippen molar-refractivity contribution in [1.82, 2.24) is 9.99 Å². The quantitative estimate of drug-likeness (QED) is 0.367. The highest BCUT2D eigenvalue weighted by Crippen LogP contribution is 2.39. The molecule has 4 aromatic rings. The number of carbonyl (C=O) groups is 1. The summed E-state index contributed by atoms with van der Waals surface area (Å²) in [5, 5.41) is 7.25. The number of furan rings is 1. The van der Waals surface area contributed by atoms with Gasteiger partial charge >= 0.3 is 5.91 Å². The Bertz CT molecular complexity index is 1350. The van der Waals surface area contributed by atoms with E-state index in [1.165, 1.54) is 11.3 Å². The standard InChI is InChI=1S/C25H20ClN3O4/c1-31-17-10-8-15(9-11-17)19-14-20(29(28-19)25(30)22-7-4-12-33-22)18-13-16-5-3-6-21(32-2)23(16)27-24(18)26/h3-13,20H,14H2,1-2H3. The van der Waals surface area contributed by atoms with Gasteiger partial charge in [0.1, 0.15) is 22.2 Å². The maximum Gasteiger partial charge on any atom is 0.310 e. The van der Waals surface area contributed by atoms with Crippen molar-refractivity contribution in [3.63, 3.8) is 0 Å². The number of rotatable bonds is 5. The van der Waals surface area contributed by atoms with Crippen LogP contribution in [0.1, 0.15) is 34.1 Å². The first-order valence-corrected chi connectivity index (χ1v) is 10.7. The first-order chi connectivity index (χ1) is 16.1. The number of halogens is 1. The lowest BCUT2D eigenvalue weighted by Gasteiger charge is -2.22. The predicted octanol–water partition coefficient (Wildman–Crippen LogP) is 5.49. The molecular weight excluding hydrogens is 442 g/mol. The fourth-order valence-corrected chi connectivity index (χ4v) is 4.24. The van der Waals surface area contributed by atoms with Crippen molar-refractivity contribution in [3.8, 4) is 11.5 Å². The SMILES string of the molecule is COc1ccc(C2=NN(C(=O)c3ccco3)C(c3cc4cccc(OC)c4nc3Cl)C2)cc1. The number of nitrogens with zero attached hydrogens (tertiary/aromatic N) is 3. The number of carbonyl (C=O) groups excluding carboxylic acids is 1. The molecule has 0 aliphatic carbocycles. The Morgan fingerprint density at radius 1 is 1.09 bits per heavy atom. The van der Waals surface area contributed by atoms with E-state index in [0.29, 0.717) is 28.4 Å². The fraction of sp³-hybridized carbons (Fsp3) is 0.160. The molecule has 0 saturated carbocycles. The molecule has 166 valence electrons. The van der Waals surface area contributed by atoms with Crippen molar-refractivity contribution >= 4 is 34.1 Å². The molecule has 0 N–H and O–H groups in total. The van der Waals surface area contributed by atoms with Crippen LogP contribution in [0.2, 0.25) is 5.15 Å². The molecule has 33 heavy (non-hydrogen) atoms. The van der Waals surface area contributed by atoms with Crippen LogP contribution in [0.3, 0.4) is 0 Å². The van der Waals surface area contributed by atoms with Gasteiger partial charge in [0.2, 0.25) is 0 Å². The van der Waals surface area contributed by atoms with Crippen LogP contribution >= 0.6 is 11.6 Å². The van der Waals surface area contributed by atoms with Crippen LogP contribution in [0.15, 0.2) is 76.4 Å². The Kier molecular flexibility index (Phi) is 5.48. The summed E-state index contributed by atoms with van der Waals surface area (Å²) in [6, 6.07) is 18.0. The van der Waals surface area contributed by atoms with Gasteiger partial charge in [-0.2, -0.15) is 5.10 Å². The van der Waals surface area contributed by atoms with E-state index < -0.39 is 6.04 Å². The number of fused-ring (bicyclic) bond motifs is 1. The molecule has 0 spiro atoms. The minimum Gasteiger partial charge on any atom is -0.497 e. The maximum absolute atomic E-state index is 13.3. The van der Waals surface area contributed by atoms with E-state index in [1.807, 2.05) is 48.5 Å². The third kappa shape index (κ3) is 3.81. The molecule has 3 heterocycles. The topological polar surface area (TPSA) is 77.2 Å². The van der Waals surface area contributed by atoms with Gasteiger partial charge in [-0.15, -0.1) is 0 Å². The molecule has 7 nitrogen and oxygen atoms in total. The van der Waals surface area contributed by atoms with E-state index in [0.717, 1.165) is 22.4 Å². The summed E-state index contributed by atoms with van der Waals surface area (Å²) >= 11 is 6.64. The largest absolute Gasteiger partial charge is 0.497 e. The Balaban J connectivity index is 1.59. The summed E-state index contributed by atoms with van der Waals surface area (Å²) in [4.78, 5) is 17.8. The molecule has 1 unspecified atom stereocenters. The summed E-state index contributed by atoms with van der Waals surface area (Å²) in [7, 11) is 3.21. The molecule has 0 fully saturated rings. The second-order valence-corrected chi connectivity index (χ2v) is 7.88. The van der Waals surface area contributed by atoms with Crippen LogP contribution < -0.4 is 9.47 Å². The highest BCUT2D eigenvalue weighted by Gasteiger charge is 2.36. The molecule has 2 aromatic heterocycles. The predicted molar refractivity (Wildman–Crippen MR) is 125 cm³/mol. The van der Waals surface area contributed by atoms with E-state index >= 15 is 0 Å². The number of hydrogen-bond acceptors (Lipinski definition) is 6. The van der Waals surface area contributed by atoms with E-state index in [2.05, 4.69) is 10.1 Å². The number of methoxy groups -OCH3 is 2. The highest BCUT2D eigenvalue weighted by atomic mass is 35.5. The van der Waals surface area contributed by atoms with Gasteiger partial charge in [0.25, 0.3) is 0 Å². The number of pyridine rings is 1. The zero-order chi connectivity index (χ0) is 22.9. The van der Waals surface area contributed by atoms with Crippen molar-refractivity contribution < 1.29 is 18.7 Å². The summed E-state index contributed by atoms with van der Waals surface area (Å²) in [5.41, 5.74) is 3.00. The number of para-hydroxylation sites is 1. The van der Waals surface area contributed by atoms with Gasteiger partial charge in [-0.1, -0.05) is 23.7 Å². The normalized spacial score (nSPS) is 15.5. The monoisotopic (exact) mass is 461 g/mol. The number of amides is 1. The van der Waals surface area contributed by atoms with Crippen LogP contribution in [0.25, 0.3) is 10.9 Å². The van der Waals surface area contributed by atoms with Gasteiger partial charge in [0.15, 0.2) is 5.76 Å². The fourth-order valence-electron chi connectivity index (χ4n) is 3.97. The molecule has 1 amide bonds. The second-order valence-electron chi connectivity index (χ2n) is 7.52. The van der Waals surface area contributed by atoms with Crippen molar-refractivity contribution in [2.75, 3.05) is 14.2 Å². The zero-order valence-electron chi connectivity index (χ0n) is 18.0. The molecule has 1 aliphatic heterocycles. The Hall–Kier alpha value is -3.84. The minimum atomic E-state index is -0.449. The van der Waals surface area contributed by atoms with Crippen LogP contribution in [0.4, 0.5) is 0 Å². The molecule has 0 radical (unpaired) electrons. The zero-order valence-corrected chi connectivity index (χ0v) is 18.7. The molecular formula is C25H20ClN3O4. The number of benzene rings is 2. The summed E-state index contributed by atoms with van der Waals surface area (Å²) in [5.74, 6) is 1.22. The maximum atomic E-state index is 13.3. The molecule has 1 aliphatic rings. The minimum absolute atomic E-state index is 0.200. The first-order valence-electron chi connectivity index (χ1n) is 10.3. The number of hydrazone groups is 1. The van der Waals surface area contributed by atoms with Gasteiger partial charge in [0.05, 0.1) is 32.2 Å². The van der Waals surface area contributed by atoms with Crippen molar-refractivity contribution in [3.05, 3.63) is 89.0 Å². The van der Waals surface area contributed by atoms with E-state index in [4.69, 9.17) is 25.5 Å². The molecule has 5 rings (SSSR count). The van der Waals surface area contributed by atoms with Gasteiger partial charge in [-0.05, 0) is 54.1 Å². The number of ether oxygens (including phenoxy) is 2. The first kappa shape index (κ1) is 21.0. The molecule has 0 saturated heterocycles. The summed E-state index contributed by atoms with van der Waals surface area (Å²) in [6.07, 6.45) is 1.93. The lowest BCUT2D eigenvalue weighted by molar-refractivity contribution is 0.0678. The smallest absolute Gasteiger partial charge is 0.310 e. The van der Waals surface area contributed by atoms with Crippen LogP contribution in [0.5, 0.6) is 11.5 Å². The van der Waals surface area contributed by atoms with Crippen LogP contribution in [-0.4, -0.2) is 35.8 Å². The van der Waals surface area contributed by atoms with Gasteiger partial charge in [-0.3, -0.25) is 4.79 Å². The lowest BCUT2D eigenvalue weighted by Crippen LogP contribution is -2.27.